The highest BCUT2D eigenvalue weighted by Crippen LogP contribution is 2.02. The van der Waals surface area contributed by atoms with Gasteiger partial charge in [0.05, 0.1) is 13.5 Å². The van der Waals surface area contributed by atoms with Crippen LogP contribution in [0.15, 0.2) is 30.3 Å². The highest BCUT2D eigenvalue weighted by molar-refractivity contribution is 5.97. The molecule has 0 radical (unpaired) electrons. The molecule has 20 heavy (non-hydrogen) atoms. The number of ether oxygens (including phenoxy) is 1. The lowest BCUT2D eigenvalue weighted by Gasteiger charge is -2.16. The van der Waals surface area contributed by atoms with E-state index < -0.39 is 17.9 Å². The summed E-state index contributed by atoms with van der Waals surface area (Å²) in [7, 11) is 1.21. The molecular weight excluding hydrogens is 260 g/mol. The zero-order valence-electron chi connectivity index (χ0n) is 11.5. The van der Waals surface area contributed by atoms with Gasteiger partial charge >= 0.3 is 5.97 Å². The van der Waals surface area contributed by atoms with Crippen molar-refractivity contribution < 1.29 is 19.1 Å². The van der Waals surface area contributed by atoms with Gasteiger partial charge in [-0.3, -0.25) is 9.59 Å². The minimum absolute atomic E-state index is 0.154. The fraction of sp³-hybridized carbons (Fsp3) is 0.357. The number of carbonyl (C=O) groups excluding carboxylic acids is 3. The van der Waals surface area contributed by atoms with Crippen molar-refractivity contribution in [1.29, 1.82) is 0 Å². The van der Waals surface area contributed by atoms with E-state index in [0.29, 0.717) is 12.1 Å². The van der Waals surface area contributed by atoms with E-state index in [9.17, 15) is 14.4 Å². The molecule has 0 saturated carbocycles. The first kappa shape index (κ1) is 15.7. The lowest BCUT2D eigenvalue weighted by molar-refractivity contribution is -0.144. The number of rotatable bonds is 6. The van der Waals surface area contributed by atoms with Gasteiger partial charge in [0.15, 0.2) is 0 Å². The zero-order valence-corrected chi connectivity index (χ0v) is 11.5. The number of methoxy groups -OCH3 is 1. The van der Waals surface area contributed by atoms with Crippen LogP contribution in [0.3, 0.4) is 0 Å². The molecule has 0 unspecified atom stereocenters. The van der Waals surface area contributed by atoms with Gasteiger partial charge in [0.1, 0.15) is 6.04 Å². The van der Waals surface area contributed by atoms with E-state index in [1.54, 1.807) is 37.3 Å². The van der Waals surface area contributed by atoms with Crippen molar-refractivity contribution >= 4 is 17.8 Å². The lowest BCUT2D eigenvalue weighted by Crippen LogP contribution is -2.44. The van der Waals surface area contributed by atoms with E-state index in [2.05, 4.69) is 15.4 Å². The van der Waals surface area contributed by atoms with E-state index in [4.69, 9.17) is 0 Å². The third-order valence-electron chi connectivity index (χ3n) is 2.59. The van der Waals surface area contributed by atoms with Crippen LogP contribution in [0.1, 0.15) is 23.7 Å². The summed E-state index contributed by atoms with van der Waals surface area (Å²) in [4.78, 5) is 35.1. The van der Waals surface area contributed by atoms with Crippen LogP contribution in [0, 0.1) is 0 Å². The Kier molecular flexibility index (Phi) is 6.22. The molecule has 6 nitrogen and oxygen atoms in total. The monoisotopic (exact) mass is 278 g/mol. The average Bonchev–Trinajstić information content (AvgIpc) is 2.46. The Balaban J connectivity index is 2.72. The number of hydrogen-bond donors (Lipinski definition) is 2. The van der Waals surface area contributed by atoms with Crippen molar-refractivity contribution in [2.75, 3.05) is 13.7 Å². The van der Waals surface area contributed by atoms with Crippen LogP contribution in [-0.2, 0) is 14.3 Å². The highest BCUT2D eigenvalue weighted by Gasteiger charge is 2.24. The maximum absolute atomic E-state index is 12.0. The zero-order chi connectivity index (χ0) is 15.0. The van der Waals surface area contributed by atoms with Gasteiger partial charge in [-0.2, -0.15) is 0 Å². The van der Waals surface area contributed by atoms with Gasteiger partial charge in [0, 0.05) is 12.1 Å². The molecule has 0 spiro atoms. The average molecular weight is 278 g/mol. The molecule has 1 atom stereocenters. The summed E-state index contributed by atoms with van der Waals surface area (Å²) in [5, 5.41) is 5.07. The third-order valence-corrected chi connectivity index (χ3v) is 2.59. The molecule has 0 bridgehead atoms. The number of benzene rings is 1. The number of carbonyl (C=O) groups is 3. The fourth-order valence-electron chi connectivity index (χ4n) is 1.62. The van der Waals surface area contributed by atoms with Crippen LogP contribution in [0.5, 0.6) is 0 Å². The summed E-state index contributed by atoms with van der Waals surface area (Å²) < 4.78 is 4.59. The molecule has 108 valence electrons. The van der Waals surface area contributed by atoms with Gasteiger partial charge in [-0.25, -0.2) is 4.79 Å². The molecule has 1 aromatic rings. The smallest absolute Gasteiger partial charge is 0.328 e. The molecule has 0 aliphatic rings. The van der Waals surface area contributed by atoms with Gasteiger partial charge in [-0.05, 0) is 19.1 Å². The van der Waals surface area contributed by atoms with Crippen molar-refractivity contribution in [2.24, 2.45) is 0 Å². The summed E-state index contributed by atoms with van der Waals surface area (Å²) in [6, 6.07) is 7.45. The van der Waals surface area contributed by atoms with Crippen LogP contribution in [0.4, 0.5) is 0 Å². The van der Waals surface area contributed by atoms with Gasteiger partial charge in [-0.15, -0.1) is 0 Å². The van der Waals surface area contributed by atoms with E-state index >= 15 is 0 Å². The maximum atomic E-state index is 12.0. The Morgan fingerprint density at radius 1 is 1.20 bits per heavy atom. The summed E-state index contributed by atoms with van der Waals surface area (Å²) in [5.74, 6) is -1.40. The van der Waals surface area contributed by atoms with Gasteiger partial charge in [-0.1, -0.05) is 18.2 Å². The molecule has 1 rings (SSSR count). The Labute approximate surface area is 117 Å². The number of amides is 2. The predicted octanol–water partition coefficient (Wildman–Crippen LogP) is 0.484. The molecule has 0 fully saturated rings. The second-order valence-electron chi connectivity index (χ2n) is 4.07. The second kappa shape index (κ2) is 7.93. The molecule has 0 heterocycles. The Morgan fingerprint density at radius 3 is 2.40 bits per heavy atom. The number of nitrogens with one attached hydrogen (secondary N) is 2. The van der Waals surface area contributed by atoms with Gasteiger partial charge < -0.3 is 15.4 Å². The molecular formula is C14H18N2O4. The fourth-order valence-corrected chi connectivity index (χ4v) is 1.62. The predicted molar refractivity (Wildman–Crippen MR) is 73.0 cm³/mol. The number of esters is 1. The van der Waals surface area contributed by atoms with E-state index in [-0.39, 0.29) is 12.3 Å². The van der Waals surface area contributed by atoms with Gasteiger partial charge in [0.25, 0.3) is 5.91 Å². The van der Waals surface area contributed by atoms with Crippen molar-refractivity contribution in [3.05, 3.63) is 35.9 Å². The van der Waals surface area contributed by atoms with Crippen LogP contribution in [0.2, 0.25) is 0 Å². The van der Waals surface area contributed by atoms with Gasteiger partial charge in [0.2, 0.25) is 5.91 Å². The van der Waals surface area contributed by atoms with E-state index in [1.165, 1.54) is 7.11 Å². The quantitative estimate of drug-likeness (QED) is 0.741. The molecule has 0 aliphatic carbocycles. The third kappa shape index (κ3) is 4.72. The molecule has 6 heteroatoms. The largest absolute Gasteiger partial charge is 0.467 e. The lowest BCUT2D eigenvalue weighted by atomic mass is 10.1. The first-order chi connectivity index (χ1) is 9.58. The van der Waals surface area contributed by atoms with Crippen LogP contribution in [-0.4, -0.2) is 37.5 Å². The Bertz CT molecular complexity index is 473. The standard InChI is InChI=1S/C14H18N2O4/c1-3-15-12(17)9-11(14(19)20-2)16-13(18)10-7-5-4-6-8-10/h4-8,11H,3,9H2,1-2H3,(H,15,17)(H,16,18)/t11-/m0/s1. The van der Waals surface area contributed by atoms with Crippen molar-refractivity contribution in [3.8, 4) is 0 Å². The Morgan fingerprint density at radius 2 is 1.85 bits per heavy atom. The molecule has 2 N–H and O–H groups in total. The minimum Gasteiger partial charge on any atom is -0.467 e. The first-order valence-corrected chi connectivity index (χ1v) is 6.29. The first-order valence-electron chi connectivity index (χ1n) is 6.29. The molecule has 0 aliphatic heterocycles. The molecule has 1 aromatic carbocycles. The second-order valence-corrected chi connectivity index (χ2v) is 4.07. The highest BCUT2D eigenvalue weighted by atomic mass is 16.5. The van der Waals surface area contributed by atoms with Crippen LogP contribution < -0.4 is 10.6 Å². The number of hydrogen-bond acceptors (Lipinski definition) is 4. The van der Waals surface area contributed by atoms with Crippen molar-refractivity contribution in [1.82, 2.24) is 10.6 Å². The molecule has 0 saturated heterocycles. The maximum Gasteiger partial charge on any atom is 0.328 e. The summed E-state index contributed by atoms with van der Waals surface area (Å²) in [6.07, 6.45) is -0.154. The topological polar surface area (TPSA) is 84.5 Å². The van der Waals surface area contributed by atoms with E-state index in [0.717, 1.165) is 0 Å². The van der Waals surface area contributed by atoms with Crippen molar-refractivity contribution in [2.45, 2.75) is 19.4 Å². The van der Waals surface area contributed by atoms with Crippen LogP contribution >= 0.6 is 0 Å². The summed E-state index contributed by atoms with van der Waals surface area (Å²) in [5.41, 5.74) is 0.414. The normalized spacial score (nSPS) is 11.3. The molecule has 2 amide bonds. The Hall–Kier alpha value is -2.37. The summed E-state index contributed by atoms with van der Waals surface area (Å²) >= 11 is 0. The molecule has 0 aromatic heterocycles. The SMILES string of the molecule is CCNC(=O)C[C@H](NC(=O)c1ccccc1)C(=O)OC. The van der Waals surface area contributed by atoms with Crippen LogP contribution in [0.25, 0.3) is 0 Å². The summed E-state index contributed by atoms with van der Waals surface area (Å²) in [6.45, 7) is 2.23. The van der Waals surface area contributed by atoms with Crippen molar-refractivity contribution in [3.63, 3.8) is 0 Å². The van der Waals surface area contributed by atoms with E-state index in [1.807, 2.05) is 0 Å². The minimum atomic E-state index is -1.00.